The van der Waals surface area contributed by atoms with Crippen LogP contribution in [0.25, 0.3) is 0 Å². The van der Waals surface area contributed by atoms with Crippen molar-refractivity contribution in [1.29, 1.82) is 0 Å². The Morgan fingerprint density at radius 3 is 3.00 bits per heavy atom. The summed E-state index contributed by atoms with van der Waals surface area (Å²) >= 11 is 2.94. The second-order valence-corrected chi connectivity index (χ2v) is 4.40. The second-order valence-electron chi connectivity index (χ2n) is 2.70. The third kappa shape index (κ3) is 0.527. The predicted octanol–water partition coefficient (Wildman–Crippen LogP) is 1.38. The standard InChI is InChI=1S/C5H7NO2S2/c1-2-4-5(9-7-4)6(3-1)10-8-5/h4H,1-3H2/t4?,5-/m0/s1. The first-order valence-electron chi connectivity index (χ1n) is 3.40. The van der Waals surface area contributed by atoms with Gasteiger partial charge in [0.2, 0.25) is 5.06 Å². The molecule has 2 atom stereocenters. The lowest BCUT2D eigenvalue weighted by atomic mass is 10.1. The lowest BCUT2D eigenvalue weighted by molar-refractivity contribution is -0.134. The van der Waals surface area contributed by atoms with Crippen LogP contribution < -0.4 is 0 Å². The minimum absolute atomic E-state index is 0.0527. The van der Waals surface area contributed by atoms with E-state index in [2.05, 4.69) is 4.31 Å². The molecule has 0 bridgehead atoms. The molecular weight excluding hydrogens is 170 g/mol. The van der Waals surface area contributed by atoms with Crippen molar-refractivity contribution in [2.75, 3.05) is 6.54 Å². The normalized spacial score (nSPS) is 52.2. The molecule has 3 fully saturated rings. The van der Waals surface area contributed by atoms with Gasteiger partial charge < -0.3 is 4.18 Å². The van der Waals surface area contributed by atoms with E-state index in [1.807, 2.05) is 0 Å². The second kappa shape index (κ2) is 1.84. The van der Waals surface area contributed by atoms with E-state index in [1.165, 1.54) is 30.7 Å². The van der Waals surface area contributed by atoms with E-state index in [0.29, 0.717) is 6.10 Å². The molecule has 1 unspecified atom stereocenters. The Morgan fingerprint density at radius 1 is 1.60 bits per heavy atom. The fourth-order valence-corrected chi connectivity index (χ4v) is 3.40. The molecule has 10 heavy (non-hydrogen) atoms. The highest BCUT2D eigenvalue weighted by atomic mass is 32.2. The van der Waals surface area contributed by atoms with Crippen LogP contribution in [-0.4, -0.2) is 22.0 Å². The van der Waals surface area contributed by atoms with E-state index in [1.54, 1.807) is 0 Å². The van der Waals surface area contributed by atoms with Crippen LogP contribution in [0.15, 0.2) is 0 Å². The quantitative estimate of drug-likeness (QED) is 0.410. The number of rotatable bonds is 0. The van der Waals surface area contributed by atoms with Crippen molar-refractivity contribution < 1.29 is 8.37 Å². The van der Waals surface area contributed by atoms with Gasteiger partial charge in [-0.25, -0.2) is 0 Å². The smallest absolute Gasteiger partial charge is 0.247 e. The third-order valence-electron chi connectivity index (χ3n) is 2.11. The largest absolute Gasteiger partial charge is 0.302 e. The summed E-state index contributed by atoms with van der Waals surface area (Å²) in [5.74, 6) is 0. The minimum Gasteiger partial charge on any atom is -0.302 e. The van der Waals surface area contributed by atoms with Gasteiger partial charge in [0.1, 0.15) is 6.10 Å². The van der Waals surface area contributed by atoms with Gasteiger partial charge in [-0.1, -0.05) is 0 Å². The minimum atomic E-state index is -0.0527. The van der Waals surface area contributed by atoms with Gasteiger partial charge in [0, 0.05) is 18.6 Å². The summed E-state index contributed by atoms with van der Waals surface area (Å²) in [5.41, 5.74) is 0. The number of piperidine rings is 1. The van der Waals surface area contributed by atoms with Crippen molar-refractivity contribution in [2.45, 2.75) is 24.0 Å². The van der Waals surface area contributed by atoms with Crippen LogP contribution in [0.2, 0.25) is 0 Å². The van der Waals surface area contributed by atoms with E-state index in [0.717, 1.165) is 13.0 Å². The van der Waals surface area contributed by atoms with Crippen molar-refractivity contribution >= 4 is 24.3 Å². The van der Waals surface area contributed by atoms with E-state index in [9.17, 15) is 0 Å². The van der Waals surface area contributed by atoms with Crippen LogP contribution in [0.3, 0.4) is 0 Å². The van der Waals surface area contributed by atoms with Gasteiger partial charge in [0.05, 0.1) is 12.2 Å². The first kappa shape index (κ1) is 6.14. The summed E-state index contributed by atoms with van der Waals surface area (Å²) in [6.07, 6.45) is 2.74. The fourth-order valence-electron chi connectivity index (χ4n) is 1.48. The highest BCUT2D eigenvalue weighted by Crippen LogP contribution is 2.61. The van der Waals surface area contributed by atoms with E-state index in [4.69, 9.17) is 8.37 Å². The summed E-state index contributed by atoms with van der Waals surface area (Å²) in [6.45, 7) is 1.15. The van der Waals surface area contributed by atoms with Crippen LogP contribution in [0, 0.1) is 0 Å². The molecule has 0 amide bonds. The van der Waals surface area contributed by atoms with Gasteiger partial charge in [0.15, 0.2) is 0 Å². The van der Waals surface area contributed by atoms with E-state index < -0.39 is 0 Å². The summed E-state index contributed by atoms with van der Waals surface area (Å²) < 4.78 is 13.0. The molecule has 0 aromatic carbocycles. The van der Waals surface area contributed by atoms with E-state index in [-0.39, 0.29) is 5.06 Å². The summed E-state index contributed by atoms with van der Waals surface area (Å²) in [7, 11) is 0. The molecule has 0 radical (unpaired) electrons. The zero-order chi connectivity index (χ0) is 6.60. The molecule has 1 spiro atoms. The average molecular weight is 177 g/mol. The monoisotopic (exact) mass is 177 g/mol. The molecular formula is C5H7NO2S2. The summed E-state index contributed by atoms with van der Waals surface area (Å²) in [4.78, 5) is 0. The molecule has 0 saturated carbocycles. The topological polar surface area (TPSA) is 21.7 Å². The van der Waals surface area contributed by atoms with Crippen LogP contribution >= 0.6 is 24.3 Å². The maximum Gasteiger partial charge on any atom is 0.247 e. The fraction of sp³-hybridized carbons (Fsp3) is 1.00. The van der Waals surface area contributed by atoms with Crippen molar-refractivity contribution in [3.8, 4) is 0 Å². The number of hydrogen-bond donors (Lipinski definition) is 0. The Morgan fingerprint density at radius 2 is 2.60 bits per heavy atom. The molecule has 3 nitrogen and oxygen atoms in total. The molecule has 3 heterocycles. The molecule has 3 aliphatic rings. The number of hydrogen-bond acceptors (Lipinski definition) is 5. The van der Waals surface area contributed by atoms with Crippen LogP contribution in [0.1, 0.15) is 12.8 Å². The molecule has 0 N–H and O–H groups in total. The van der Waals surface area contributed by atoms with Gasteiger partial charge in [-0.2, -0.15) is 4.31 Å². The molecule has 0 aliphatic carbocycles. The average Bonchev–Trinajstić information content (AvgIpc) is 1.80. The zero-order valence-corrected chi connectivity index (χ0v) is 6.91. The van der Waals surface area contributed by atoms with Crippen LogP contribution in [0.4, 0.5) is 0 Å². The first-order chi connectivity index (χ1) is 4.92. The van der Waals surface area contributed by atoms with Gasteiger partial charge >= 0.3 is 0 Å². The van der Waals surface area contributed by atoms with Crippen molar-refractivity contribution in [3.05, 3.63) is 0 Å². The summed E-state index contributed by atoms with van der Waals surface area (Å²) in [5, 5.41) is -0.0527. The number of nitrogens with zero attached hydrogens (tertiary/aromatic N) is 1. The molecule has 0 aromatic rings. The molecule has 3 aliphatic heterocycles. The predicted molar refractivity (Wildman–Crippen MR) is 39.8 cm³/mol. The SMILES string of the molecule is C1CC2OS[C@@]23OSN3C1. The maximum absolute atomic E-state index is 5.40. The highest BCUT2D eigenvalue weighted by molar-refractivity contribution is 8.01. The maximum atomic E-state index is 5.40. The molecule has 5 heteroatoms. The Hall–Kier alpha value is 0.580. The van der Waals surface area contributed by atoms with Gasteiger partial charge in [-0.05, 0) is 12.8 Å². The lowest BCUT2D eigenvalue weighted by Gasteiger charge is -2.59. The van der Waals surface area contributed by atoms with Crippen molar-refractivity contribution in [1.82, 2.24) is 4.31 Å². The lowest BCUT2D eigenvalue weighted by Crippen LogP contribution is -2.67. The van der Waals surface area contributed by atoms with Crippen molar-refractivity contribution in [3.63, 3.8) is 0 Å². The molecule has 3 rings (SSSR count). The van der Waals surface area contributed by atoms with Crippen LogP contribution in [0.5, 0.6) is 0 Å². The van der Waals surface area contributed by atoms with Crippen molar-refractivity contribution in [2.24, 2.45) is 0 Å². The Balaban J connectivity index is 1.88. The van der Waals surface area contributed by atoms with Gasteiger partial charge in [0.25, 0.3) is 0 Å². The van der Waals surface area contributed by atoms with Crippen LogP contribution in [-0.2, 0) is 8.37 Å². The molecule has 56 valence electrons. The van der Waals surface area contributed by atoms with Gasteiger partial charge in [-0.15, -0.1) is 0 Å². The zero-order valence-electron chi connectivity index (χ0n) is 5.28. The third-order valence-corrected chi connectivity index (χ3v) is 4.43. The van der Waals surface area contributed by atoms with E-state index >= 15 is 0 Å². The first-order valence-corrected chi connectivity index (χ1v) is 4.84. The Labute approximate surface area is 68.0 Å². The molecule has 0 aromatic heterocycles. The molecule has 3 saturated heterocycles. The Kier molecular flexibility index (Phi) is 1.13. The van der Waals surface area contributed by atoms with Gasteiger partial charge in [-0.3, -0.25) is 4.18 Å². The summed E-state index contributed by atoms with van der Waals surface area (Å²) in [6, 6.07) is 0. The highest BCUT2D eigenvalue weighted by Gasteiger charge is 2.65. The Bertz CT molecular complexity index is 159.